The molecule has 4 atom stereocenters. The molecule has 148 valence electrons. The van der Waals surface area contributed by atoms with E-state index in [-0.39, 0.29) is 11.9 Å². The van der Waals surface area contributed by atoms with E-state index in [2.05, 4.69) is 61.4 Å². The van der Waals surface area contributed by atoms with Crippen molar-refractivity contribution < 1.29 is 0 Å². The first-order valence-electron chi connectivity index (χ1n) is 10.1. The Hall–Kier alpha value is -1.59. The summed E-state index contributed by atoms with van der Waals surface area (Å²) in [4.78, 5) is 14.7. The van der Waals surface area contributed by atoms with Crippen molar-refractivity contribution >= 4 is 17.8 Å². The van der Waals surface area contributed by atoms with Gasteiger partial charge in [0, 0.05) is 13.1 Å². The van der Waals surface area contributed by atoms with E-state index in [1.165, 1.54) is 25.7 Å². The highest BCUT2D eigenvalue weighted by molar-refractivity contribution is 5.40. The molecule has 1 aliphatic rings. The van der Waals surface area contributed by atoms with Gasteiger partial charge in [0.05, 0.1) is 0 Å². The van der Waals surface area contributed by atoms with Crippen LogP contribution in [0, 0.1) is 29.1 Å². The molecule has 0 spiro atoms. The Morgan fingerprint density at radius 1 is 1.08 bits per heavy atom. The summed E-state index contributed by atoms with van der Waals surface area (Å²) in [5, 5.41) is 0. The SMILES string of the molecule is CCC(C)CC(C)(CC(C)C)CC1CN(c2nc(N)nc(N)n2)CC1C. The number of rotatable bonds is 8. The number of hydrogen-bond acceptors (Lipinski definition) is 6. The van der Waals surface area contributed by atoms with Gasteiger partial charge >= 0.3 is 0 Å². The minimum Gasteiger partial charge on any atom is -0.368 e. The Bertz CT molecular complexity index is 569. The quantitative estimate of drug-likeness (QED) is 0.726. The zero-order valence-corrected chi connectivity index (χ0v) is 17.5. The summed E-state index contributed by atoms with van der Waals surface area (Å²) in [6.45, 7) is 16.1. The average Bonchev–Trinajstić information content (AvgIpc) is 2.85. The zero-order valence-electron chi connectivity index (χ0n) is 17.5. The molecule has 6 heteroatoms. The molecule has 2 heterocycles. The van der Waals surface area contributed by atoms with Gasteiger partial charge in [0.25, 0.3) is 0 Å². The number of anilines is 3. The molecule has 4 unspecified atom stereocenters. The second-order valence-electron chi connectivity index (χ2n) is 9.32. The third kappa shape index (κ3) is 5.45. The van der Waals surface area contributed by atoms with Crippen LogP contribution in [-0.2, 0) is 0 Å². The van der Waals surface area contributed by atoms with Crippen LogP contribution in [0.1, 0.15) is 67.2 Å². The third-order valence-electron chi connectivity index (χ3n) is 5.90. The van der Waals surface area contributed by atoms with Crippen LogP contribution in [0.2, 0.25) is 0 Å². The fraction of sp³-hybridized carbons (Fsp3) is 0.850. The van der Waals surface area contributed by atoms with Gasteiger partial charge in [0.15, 0.2) is 0 Å². The molecule has 0 saturated carbocycles. The maximum atomic E-state index is 5.75. The molecule has 0 bridgehead atoms. The number of nitrogen functional groups attached to an aromatic ring is 2. The molecule has 26 heavy (non-hydrogen) atoms. The van der Waals surface area contributed by atoms with Crippen LogP contribution in [0.4, 0.5) is 17.8 Å². The molecule has 1 aromatic rings. The molecule has 6 nitrogen and oxygen atoms in total. The van der Waals surface area contributed by atoms with Crippen LogP contribution in [-0.4, -0.2) is 28.0 Å². The fourth-order valence-corrected chi connectivity index (χ4v) is 4.86. The molecular formula is C20H38N6. The monoisotopic (exact) mass is 362 g/mol. The van der Waals surface area contributed by atoms with Crippen molar-refractivity contribution in [3.8, 4) is 0 Å². The maximum Gasteiger partial charge on any atom is 0.231 e. The topological polar surface area (TPSA) is 94.0 Å². The van der Waals surface area contributed by atoms with Gasteiger partial charge in [-0.05, 0) is 48.3 Å². The lowest BCUT2D eigenvalue weighted by atomic mass is 9.68. The van der Waals surface area contributed by atoms with Crippen molar-refractivity contribution in [2.24, 2.45) is 29.1 Å². The molecule has 4 N–H and O–H groups in total. The number of nitrogens with zero attached hydrogens (tertiary/aromatic N) is 4. The van der Waals surface area contributed by atoms with E-state index >= 15 is 0 Å². The second-order valence-corrected chi connectivity index (χ2v) is 9.32. The van der Waals surface area contributed by atoms with Crippen molar-refractivity contribution in [2.75, 3.05) is 29.5 Å². The van der Waals surface area contributed by atoms with Crippen LogP contribution >= 0.6 is 0 Å². The summed E-state index contributed by atoms with van der Waals surface area (Å²) in [6, 6.07) is 0. The van der Waals surface area contributed by atoms with E-state index in [4.69, 9.17) is 11.5 Å². The van der Waals surface area contributed by atoms with Crippen molar-refractivity contribution in [1.82, 2.24) is 15.0 Å². The van der Waals surface area contributed by atoms with Crippen molar-refractivity contribution in [2.45, 2.75) is 67.2 Å². The lowest BCUT2D eigenvalue weighted by Crippen LogP contribution is -2.28. The number of nitrogens with two attached hydrogens (primary N) is 2. The predicted octanol–water partition coefficient (Wildman–Crippen LogP) is 3.99. The van der Waals surface area contributed by atoms with Crippen LogP contribution < -0.4 is 16.4 Å². The Balaban J connectivity index is 2.11. The third-order valence-corrected chi connectivity index (χ3v) is 5.90. The van der Waals surface area contributed by atoms with Crippen LogP contribution in [0.5, 0.6) is 0 Å². The van der Waals surface area contributed by atoms with E-state index in [1.54, 1.807) is 0 Å². The lowest BCUT2D eigenvalue weighted by Gasteiger charge is -2.37. The first-order chi connectivity index (χ1) is 12.1. The second kappa shape index (κ2) is 8.40. The molecule has 0 radical (unpaired) electrons. The maximum absolute atomic E-state index is 5.75. The highest BCUT2D eigenvalue weighted by Gasteiger charge is 2.37. The lowest BCUT2D eigenvalue weighted by molar-refractivity contribution is 0.145. The van der Waals surface area contributed by atoms with Crippen molar-refractivity contribution in [3.05, 3.63) is 0 Å². The summed E-state index contributed by atoms with van der Waals surface area (Å²) in [6.07, 6.45) is 5.09. The van der Waals surface area contributed by atoms with Crippen LogP contribution in [0.15, 0.2) is 0 Å². The average molecular weight is 363 g/mol. The summed E-state index contributed by atoms with van der Waals surface area (Å²) in [7, 11) is 0. The first kappa shape index (κ1) is 20.7. The van der Waals surface area contributed by atoms with Gasteiger partial charge < -0.3 is 16.4 Å². The Morgan fingerprint density at radius 3 is 2.23 bits per heavy atom. The predicted molar refractivity (Wildman–Crippen MR) is 110 cm³/mol. The highest BCUT2D eigenvalue weighted by Crippen LogP contribution is 2.43. The summed E-state index contributed by atoms with van der Waals surface area (Å²) < 4.78 is 0. The van der Waals surface area contributed by atoms with E-state index in [9.17, 15) is 0 Å². The highest BCUT2D eigenvalue weighted by atomic mass is 15.3. The first-order valence-corrected chi connectivity index (χ1v) is 10.1. The standard InChI is InChI=1S/C20H38N6/c1-7-14(4)9-20(6,8-13(2)3)10-16-12-26(11-15(16)5)19-24-17(21)23-18(22)25-19/h13-16H,7-12H2,1-6H3,(H4,21,22,23,24,25). The summed E-state index contributed by atoms with van der Waals surface area (Å²) in [5.41, 5.74) is 11.9. The summed E-state index contributed by atoms with van der Waals surface area (Å²) in [5.74, 6) is 3.77. The Kier molecular flexibility index (Phi) is 6.69. The molecule has 0 amide bonds. The molecule has 1 aromatic heterocycles. The van der Waals surface area contributed by atoms with Gasteiger partial charge in [0.1, 0.15) is 0 Å². The molecule has 1 saturated heterocycles. The minimum absolute atomic E-state index is 0.199. The molecule has 0 aromatic carbocycles. The minimum atomic E-state index is 0.199. The number of aromatic nitrogens is 3. The van der Waals surface area contributed by atoms with E-state index in [1.807, 2.05) is 0 Å². The zero-order chi connectivity index (χ0) is 19.5. The molecule has 0 aliphatic carbocycles. The van der Waals surface area contributed by atoms with Crippen molar-refractivity contribution in [1.29, 1.82) is 0 Å². The molecule has 2 rings (SSSR count). The van der Waals surface area contributed by atoms with Crippen molar-refractivity contribution in [3.63, 3.8) is 0 Å². The largest absolute Gasteiger partial charge is 0.368 e. The smallest absolute Gasteiger partial charge is 0.231 e. The van der Waals surface area contributed by atoms with Gasteiger partial charge in [-0.25, -0.2) is 0 Å². The number of hydrogen-bond donors (Lipinski definition) is 2. The normalized spacial score (nSPS) is 24.0. The Labute approximate surface area is 159 Å². The van der Waals surface area contributed by atoms with E-state index < -0.39 is 0 Å². The van der Waals surface area contributed by atoms with Gasteiger partial charge in [-0.1, -0.05) is 48.0 Å². The van der Waals surface area contributed by atoms with Gasteiger partial charge in [0.2, 0.25) is 17.8 Å². The van der Waals surface area contributed by atoms with Gasteiger partial charge in [-0.2, -0.15) is 15.0 Å². The summed E-state index contributed by atoms with van der Waals surface area (Å²) >= 11 is 0. The van der Waals surface area contributed by atoms with Crippen LogP contribution in [0.3, 0.4) is 0 Å². The fourth-order valence-electron chi connectivity index (χ4n) is 4.86. The van der Waals surface area contributed by atoms with Gasteiger partial charge in [-0.3, -0.25) is 0 Å². The molecule has 1 aliphatic heterocycles. The van der Waals surface area contributed by atoms with Gasteiger partial charge in [-0.15, -0.1) is 0 Å². The molecular weight excluding hydrogens is 324 g/mol. The van der Waals surface area contributed by atoms with E-state index in [0.29, 0.717) is 23.2 Å². The van der Waals surface area contributed by atoms with E-state index in [0.717, 1.165) is 24.9 Å². The van der Waals surface area contributed by atoms with Crippen LogP contribution in [0.25, 0.3) is 0 Å². The molecule has 1 fully saturated rings. The Morgan fingerprint density at radius 2 is 1.69 bits per heavy atom.